The minimum absolute atomic E-state index is 0.00769. The van der Waals surface area contributed by atoms with Gasteiger partial charge in [-0.2, -0.15) is 0 Å². The fourth-order valence-corrected chi connectivity index (χ4v) is 9.62. The van der Waals surface area contributed by atoms with Gasteiger partial charge in [-0.15, -0.1) is 11.3 Å². The Bertz CT molecular complexity index is 1120. The lowest BCUT2D eigenvalue weighted by Gasteiger charge is -2.43. The number of hydrogen-bond acceptors (Lipinski definition) is 3. The maximum absolute atomic E-state index is 6.96. The smallest absolute Gasteiger partial charge is 0.261 e. The summed E-state index contributed by atoms with van der Waals surface area (Å²) in [6.45, 7) is 8.35. The van der Waals surface area contributed by atoms with E-state index in [9.17, 15) is 0 Å². The highest BCUT2D eigenvalue weighted by molar-refractivity contribution is 7.10. The third-order valence-electron chi connectivity index (χ3n) is 6.06. The molecule has 1 aromatic heterocycles. The fraction of sp³-hybridized carbons (Fsp3) is 0.200. The first-order chi connectivity index (χ1) is 16.5. The largest absolute Gasteiger partial charge is 0.406 e. The van der Waals surface area contributed by atoms with Crippen LogP contribution in [0.25, 0.3) is 12.2 Å². The van der Waals surface area contributed by atoms with E-state index < -0.39 is 8.32 Å². The Morgan fingerprint density at radius 2 is 1.38 bits per heavy atom. The van der Waals surface area contributed by atoms with Crippen molar-refractivity contribution in [3.8, 4) is 0 Å². The molecular weight excluding hydrogens is 450 g/mol. The summed E-state index contributed by atoms with van der Waals surface area (Å²) in [6.07, 6.45) is 4.31. The van der Waals surface area contributed by atoms with Crippen LogP contribution in [0.5, 0.6) is 0 Å². The van der Waals surface area contributed by atoms with E-state index in [0.29, 0.717) is 6.61 Å². The Morgan fingerprint density at radius 1 is 0.765 bits per heavy atom. The Balaban J connectivity index is 1.45. The second-order valence-electron chi connectivity index (χ2n) is 9.41. The molecule has 3 aromatic carbocycles. The third kappa shape index (κ3) is 5.58. The quantitative estimate of drug-likeness (QED) is 0.206. The van der Waals surface area contributed by atoms with Gasteiger partial charge in [-0.25, -0.2) is 0 Å². The number of hydrogen-bond donors (Lipinski definition) is 1. The van der Waals surface area contributed by atoms with Gasteiger partial charge in [0.1, 0.15) is 0 Å². The standard InChI is InChI=1S/C30H33NOSSi/c1-30(2,3)34(28-12-6-4-7-13-28,29-14-8-5-9-15-29)32-23-22-31-26-19-16-25(17-20-26)18-21-27-11-10-24-33-27/h4-21,24,31H,22-23H2,1-3H3. The Labute approximate surface area is 209 Å². The third-order valence-corrected chi connectivity index (χ3v) is 11.9. The molecule has 2 nitrogen and oxygen atoms in total. The van der Waals surface area contributed by atoms with E-state index in [0.717, 1.165) is 12.2 Å². The first-order valence-corrected chi connectivity index (χ1v) is 14.6. The van der Waals surface area contributed by atoms with Crippen LogP contribution in [0, 0.1) is 0 Å². The van der Waals surface area contributed by atoms with E-state index in [1.807, 2.05) is 0 Å². The molecule has 4 heteroatoms. The summed E-state index contributed by atoms with van der Waals surface area (Å²) in [5.41, 5.74) is 2.31. The zero-order chi connectivity index (χ0) is 23.9. The van der Waals surface area contributed by atoms with Crippen LogP contribution in [0.15, 0.2) is 102 Å². The van der Waals surface area contributed by atoms with Crippen LogP contribution in [0.3, 0.4) is 0 Å². The number of anilines is 1. The van der Waals surface area contributed by atoms with E-state index in [1.165, 1.54) is 20.8 Å². The molecule has 0 saturated carbocycles. The molecule has 0 unspecified atom stereocenters. The van der Waals surface area contributed by atoms with Crippen molar-refractivity contribution in [2.45, 2.75) is 25.8 Å². The first kappa shape index (κ1) is 24.2. The summed E-state index contributed by atoms with van der Waals surface area (Å²) in [5.74, 6) is 0. The minimum atomic E-state index is -2.48. The van der Waals surface area contributed by atoms with Crippen LogP contribution < -0.4 is 15.7 Å². The summed E-state index contributed by atoms with van der Waals surface area (Å²) >= 11 is 1.75. The molecule has 0 atom stereocenters. The molecule has 0 spiro atoms. The molecule has 0 aliphatic rings. The van der Waals surface area contributed by atoms with Gasteiger partial charge in [0, 0.05) is 17.1 Å². The van der Waals surface area contributed by atoms with Gasteiger partial charge in [0.05, 0.1) is 6.61 Å². The van der Waals surface area contributed by atoms with Crippen LogP contribution in [0.1, 0.15) is 31.2 Å². The average molecular weight is 484 g/mol. The van der Waals surface area contributed by atoms with Crippen LogP contribution in [-0.4, -0.2) is 21.5 Å². The monoisotopic (exact) mass is 483 g/mol. The van der Waals surface area contributed by atoms with Crippen molar-refractivity contribution >= 4 is 47.9 Å². The molecular formula is C30H33NOSSi. The molecule has 4 rings (SSSR count). The van der Waals surface area contributed by atoms with Gasteiger partial charge in [-0.05, 0) is 50.6 Å². The number of benzene rings is 3. The second kappa shape index (κ2) is 11.0. The average Bonchev–Trinajstić information content (AvgIpc) is 3.38. The highest BCUT2D eigenvalue weighted by Gasteiger charge is 2.49. The highest BCUT2D eigenvalue weighted by Crippen LogP contribution is 2.36. The van der Waals surface area contributed by atoms with Crippen LogP contribution in [0.4, 0.5) is 5.69 Å². The van der Waals surface area contributed by atoms with Gasteiger partial charge in [0.2, 0.25) is 0 Å². The summed E-state index contributed by atoms with van der Waals surface area (Å²) in [5, 5.41) is 8.27. The number of rotatable bonds is 9. The zero-order valence-electron chi connectivity index (χ0n) is 20.2. The Kier molecular flexibility index (Phi) is 7.83. The topological polar surface area (TPSA) is 21.3 Å². The van der Waals surface area contributed by atoms with E-state index in [1.54, 1.807) is 11.3 Å². The van der Waals surface area contributed by atoms with Crippen LogP contribution >= 0.6 is 11.3 Å². The molecule has 174 valence electrons. The molecule has 0 amide bonds. The van der Waals surface area contributed by atoms with Crippen molar-refractivity contribution in [2.24, 2.45) is 0 Å². The van der Waals surface area contributed by atoms with Gasteiger partial charge in [0.25, 0.3) is 8.32 Å². The predicted octanol–water partition coefficient (Wildman–Crippen LogP) is 6.91. The number of nitrogens with one attached hydrogen (secondary N) is 1. The van der Waals surface area contributed by atoms with Gasteiger partial charge in [-0.1, -0.05) is 106 Å². The van der Waals surface area contributed by atoms with Crippen molar-refractivity contribution in [3.05, 3.63) is 113 Å². The second-order valence-corrected chi connectivity index (χ2v) is 14.7. The van der Waals surface area contributed by atoms with E-state index in [2.05, 4.69) is 141 Å². The van der Waals surface area contributed by atoms with E-state index in [4.69, 9.17) is 4.43 Å². The predicted molar refractivity (Wildman–Crippen MR) is 152 cm³/mol. The maximum Gasteiger partial charge on any atom is 0.261 e. The van der Waals surface area contributed by atoms with E-state index in [-0.39, 0.29) is 5.04 Å². The molecule has 0 saturated heterocycles. The molecule has 1 heterocycles. The molecule has 0 bridgehead atoms. The summed E-state index contributed by atoms with van der Waals surface area (Å²) in [6, 6.07) is 34.4. The molecule has 0 radical (unpaired) electrons. The van der Waals surface area contributed by atoms with E-state index >= 15 is 0 Å². The lowest BCUT2D eigenvalue weighted by Crippen LogP contribution is -2.66. The highest BCUT2D eigenvalue weighted by atomic mass is 32.1. The zero-order valence-corrected chi connectivity index (χ0v) is 22.0. The normalized spacial score (nSPS) is 12.2. The fourth-order valence-electron chi connectivity index (χ4n) is 4.44. The molecule has 34 heavy (non-hydrogen) atoms. The van der Waals surface area contributed by atoms with Crippen molar-refractivity contribution in [1.82, 2.24) is 0 Å². The molecule has 0 fully saturated rings. The van der Waals surface area contributed by atoms with Crippen LogP contribution in [0.2, 0.25) is 5.04 Å². The molecule has 1 N–H and O–H groups in total. The molecule has 0 aliphatic heterocycles. The summed E-state index contributed by atoms with van der Waals surface area (Å²) < 4.78 is 6.96. The SMILES string of the molecule is CC(C)(C)[Si](OCCNc1ccc(C=Cc2cccs2)cc1)(c1ccccc1)c1ccccc1. The minimum Gasteiger partial charge on any atom is -0.406 e. The van der Waals surface area contributed by atoms with Crippen LogP contribution in [-0.2, 0) is 4.43 Å². The first-order valence-electron chi connectivity index (χ1n) is 11.8. The number of thiophene rings is 1. The maximum atomic E-state index is 6.96. The Morgan fingerprint density at radius 3 is 1.91 bits per heavy atom. The van der Waals surface area contributed by atoms with Crippen molar-refractivity contribution in [3.63, 3.8) is 0 Å². The Hall–Kier alpha value is -2.92. The molecule has 0 aliphatic carbocycles. The lowest BCUT2D eigenvalue weighted by atomic mass is 10.2. The van der Waals surface area contributed by atoms with Gasteiger partial charge < -0.3 is 9.74 Å². The van der Waals surface area contributed by atoms with Gasteiger partial charge in [-0.3, -0.25) is 0 Å². The van der Waals surface area contributed by atoms with Crippen molar-refractivity contribution in [1.29, 1.82) is 0 Å². The molecule has 4 aromatic rings. The lowest BCUT2D eigenvalue weighted by molar-refractivity contribution is 0.312. The van der Waals surface area contributed by atoms with Gasteiger partial charge in [0.15, 0.2) is 0 Å². The summed E-state index contributed by atoms with van der Waals surface area (Å²) in [7, 11) is -2.48. The van der Waals surface area contributed by atoms with Crippen molar-refractivity contribution < 1.29 is 4.43 Å². The van der Waals surface area contributed by atoms with Crippen molar-refractivity contribution in [2.75, 3.05) is 18.5 Å². The van der Waals surface area contributed by atoms with Gasteiger partial charge >= 0.3 is 0 Å². The summed E-state index contributed by atoms with van der Waals surface area (Å²) in [4.78, 5) is 1.27.